The van der Waals surface area contributed by atoms with Crippen molar-refractivity contribution in [2.45, 2.75) is 43.8 Å². The lowest BCUT2D eigenvalue weighted by molar-refractivity contribution is -0.147. The Morgan fingerprint density at radius 3 is 2.28 bits per heavy atom. The number of hydrogen-bond donors (Lipinski definition) is 2. The quantitative estimate of drug-likeness (QED) is 0.416. The van der Waals surface area contributed by atoms with Crippen molar-refractivity contribution in [2.75, 3.05) is 12.7 Å². The van der Waals surface area contributed by atoms with Gasteiger partial charge in [-0.1, -0.05) is 60.7 Å². The molecule has 1 amide bonds. The van der Waals surface area contributed by atoms with E-state index in [0.29, 0.717) is 24.8 Å². The summed E-state index contributed by atoms with van der Waals surface area (Å²) in [6.07, 6.45) is 0.835. The standard InChI is InChI=1S/C24H28NO6P/c26-22(19-10-5-2-6-11-19)16-20(14-13-18-8-3-1-4-9-18)32(30,31)17-23(27)25-15-7-12-21(25)24(28)29/h1-6,8-11,20-21H,7,12-17H2,(H,28,29)(H,30,31)/t20?,21-/m0/s1. The maximum atomic E-state index is 13.4. The number of benzene rings is 2. The van der Waals surface area contributed by atoms with Crippen molar-refractivity contribution in [3.05, 3.63) is 71.8 Å². The summed E-state index contributed by atoms with van der Waals surface area (Å²) < 4.78 is 13.4. The summed E-state index contributed by atoms with van der Waals surface area (Å²) in [4.78, 5) is 49.0. The van der Waals surface area contributed by atoms with Crippen molar-refractivity contribution >= 4 is 25.0 Å². The van der Waals surface area contributed by atoms with Crippen LogP contribution in [-0.2, 0) is 20.6 Å². The second-order valence-corrected chi connectivity index (χ2v) is 10.7. The number of carboxylic acids is 1. The van der Waals surface area contributed by atoms with Crippen LogP contribution in [0.2, 0.25) is 0 Å². The topological polar surface area (TPSA) is 112 Å². The predicted molar refractivity (Wildman–Crippen MR) is 121 cm³/mol. The lowest BCUT2D eigenvalue weighted by Crippen LogP contribution is -2.42. The average molecular weight is 457 g/mol. The van der Waals surface area contributed by atoms with E-state index in [1.165, 1.54) is 4.90 Å². The van der Waals surface area contributed by atoms with Crippen molar-refractivity contribution in [1.29, 1.82) is 0 Å². The number of carboxylic acid groups (broad SMARTS) is 1. The van der Waals surface area contributed by atoms with Crippen LogP contribution >= 0.6 is 7.37 Å². The molecule has 2 unspecified atom stereocenters. The number of carbonyl (C=O) groups excluding carboxylic acids is 2. The number of rotatable bonds is 10. The minimum atomic E-state index is -4.08. The van der Waals surface area contributed by atoms with Crippen LogP contribution in [0.25, 0.3) is 0 Å². The Morgan fingerprint density at radius 1 is 1.03 bits per heavy atom. The van der Waals surface area contributed by atoms with Crippen LogP contribution in [0.1, 0.15) is 41.6 Å². The molecule has 3 atom stereocenters. The SMILES string of the molecule is O=C(CC(CCc1ccccc1)P(=O)(O)CC(=O)N1CCC[C@H]1C(=O)O)c1ccccc1. The van der Waals surface area contributed by atoms with Gasteiger partial charge in [0.15, 0.2) is 5.78 Å². The van der Waals surface area contributed by atoms with Gasteiger partial charge in [-0.2, -0.15) is 0 Å². The van der Waals surface area contributed by atoms with Gasteiger partial charge in [0.1, 0.15) is 12.2 Å². The Morgan fingerprint density at radius 2 is 1.66 bits per heavy atom. The van der Waals surface area contributed by atoms with E-state index in [9.17, 15) is 28.9 Å². The molecule has 32 heavy (non-hydrogen) atoms. The van der Waals surface area contributed by atoms with Gasteiger partial charge in [-0.25, -0.2) is 4.79 Å². The number of Topliss-reactive ketones (excluding diaryl/α,β-unsaturated/α-hetero) is 1. The highest BCUT2D eigenvalue weighted by atomic mass is 31.2. The molecule has 2 aromatic carbocycles. The molecule has 0 radical (unpaired) electrons. The summed E-state index contributed by atoms with van der Waals surface area (Å²) in [5.41, 5.74) is 0.528. The van der Waals surface area contributed by atoms with E-state index in [1.807, 2.05) is 30.3 Å². The Kier molecular flexibility index (Phi) is 7.99. The molecule has 8 heteroatoms. The highest BCUT2D eigenvalue weighted by Crippen LogP contribution is 2.50. The third-order valence-corrected chi connectivity index (χ3v) is 8.22. The van der Waals surface area contributed by atoms with Crippen LogP contribution < -0.4 is 0 Å². The van der Waals surface area contributed by atoms with Gasteiger partial charge in [0.2, 0.25) is 13.3 Å². The van der Waals surface area contributed by atoms with Crippen LogP contribution in [0, 0.1) is 0 Å². The second kappa shape index (κ2) is 10.7. The molecule has 1 saturated heterocycles. The molecule has 1 aliphatic heterocycles. The maximum Gasteiger partial charge on any atom is 0.326 e. The lowest BCUT2D eigenvalue weighted by Gasteiger charge is -2.26. The van der Waals surface area contributed by atoms with Gasteiger partial charge in [-0.15, -0.1) is 0 Å². The third-order valence-electron chi connectivity index (χ3n) is 5.92. The molecule has 1 aliphatic rings. The van der Waals surface area contributed by atoms with Crippen LogP contribution in [0.3, 0.4) is 0 Å². The highest BCUT2D eigenvalue weighted by Gasteiger charge is 2.40. The molecule has 2 aromatic rings. The van der Waals surface area contributed by atoms with Gasteiger partial charge in [-0.05, 0) is 31.2 Å². The summed E-state index contributed by atoms with van der Waals surface area (Å²) in [7, 11) is -4.08. The fraction of sp³-hybridized carbons (Fsp3) is 0.375. The third kappa shape index (κ3) is 6.15. The number of ketones is 1. The largest absolute Gasteiger partial charge is 0.480 e. The molecule has 1 fully saturated rings. The molecule has 2 N–H and O–H groups in total. The molecule has 0 spiro atoms. The van der Waals surface area contributed by atoms with Crippen molar-refractivity contribution in [2.24, 2.45) is 0 Å². The fourth-order valence-electron chi connectivity index (χ4n) is 4.12. The minimum absolute atomic E-state index is 0.153. The average Bonchev–Trinajstić information content (AvgIpc) is 3.28. The van der Waals surface area contributed by atoms with Gasteiger partial charge in [0.25, 0.3) is 0 Å². The van der Waals surface area contributed by atoms with E-state index in [0.717, 1.165) is 5.56 Å². The molecule has 0 bridgehead atoms. The summed E-state index contributed by atoms with van der Waals surface area (Å²) in [5.74, 6) is -2.00. The van der Waals surface area contributed by atoms with E-state index < -0.39 is 37.1 Å². The first-order chi connectivity index (χ1) is 15.3. The number of nitrogens with zero attached hydrogens (tertiary/aromatic N) is 1. The van der Waals surface area contributed by atoms with Crippen LogP contribution in [0.4, 0.5) is 0 Å². The van der Waals surface area contributed by atoms with Crippen LogP contribution in [0.5, 0.6) is 0 Å². The molecular weight excluding hydrogens is 429 g/mol. The molecule has 0 aromatic heterocycles. The normalized spacial score (nSPS) is 18.7. The lowest BCUT2D eigenvalue weighted by atomic mass is 10.0. The van der Waals surface area contributed by atoms with Gasteiger partial charge in [-0.3, -0.25) is 14.2 Å². The zero-order valence-electron chi connectivity index (χ0n) is 17.8. The Bertz CT molecular complexity index is 994. The first kappa shape index (κ1) is 23.9. The monoisotopic (exact) mass is 457 g/mol. The van der Waals surface area contributed by atoms with Crippen molar-refractivity contribution < 1.29 is 28.9 Å². The maximum absolute atomic E-state index is 13.4. The number of likely N-dealkylation sites (tertiary alicyclic amines) is 1. The molecule has 1 heterocycles. The zero-order chi connectivity index (χ0) is 23.1. The van der Waals surface area contributed by atoms with E-state index in [4.69, 9.17) is 0 Å². The van der Waals surface area contributed by atoms with E-state index in [2.05, 4.69) is 0 Å². The Hall–Kier alpha value is -2.76. The summed E-state index contributed by atoms with van der Waals surface area (Å²) in [6, 6.07) is 17.0. The second-order valence-electron chi connectivity index (χ2n) is 8.17. The molecule has 3 rings (SSSR count). The zero-order valence-corrected chi connectivity index (χ0v) is 18.7. The van der Waals surface area contributed by atoms with Crippen molar-refractivity contribution in [3.63, 3.8) is 0 Å². The van der Waals surface area contributed by atoms with E-state index in [1.54, 1.807) is 30.3 Å². The minimum Gasteiger partial charge on any atom is -0.480 e. The number of amides is 1. The van der Waals surface area contributed by atoms with Crippen LogP contribution in [0.15, 0.2) is 60.7 Å². The van der Waals surface area contributed by atoms with Gasteiger partial charge in [0.05, 0.1) is 0 Å². The van der Waals surface area contributed by atoms with Crippen molar-refractivity contribution in [3.8, 4) is 0 Å². The van der Waals surface area contributed by atoms with Gasteiger partial charge in [0, 0.05) is 24.2 Å². The molecule has 170 valence electrons. The van der Waals surface area contributed by atoms with E-state index in [-0.39, 0.29) is 25.2 Å². The Balaban J connectivity index is 1.76. The molecular formula is C24H28NO6P. The summed E-state index contributed by atoms with van der Waals surface area (Å²) in [5, 5.41) is 9.33. The summed E-state index contributed by atoms with van der Waals surface area (Å²) in [6.45, 7) is 0.257. The Labute approximate surface area is 187 Å². The van der Waals surface area contributed by atoms with E-state index >= 15 is 0 Å². The predicted octanol–water partition coefficient (Wildman–Crippen LogP) is 3.61. The highest BCUT2D eigenvalue weighted by molar-refractivity contribution is 7.59. The van der Waals surface area contributed by atoms with Crippen molar-refractivity contribution in [1.82, 2.24) is 4.90 Å². The smallest absolute Gasteiger partial charge is 0.326 e. The number of aliphatic carboxylic acids is 1. The van der Waals surface area contributed by atoms with Gasteiger partial charge >= 0.3 is 5.97 Å². The first-order valence-corrected chi connectivity index (χ1v) is 12.7. The molecule has 7 nitrogen and oxygen atoms in total. The number of aryl methyl sites for hydroxylation is 1. The fourth-order valence-corrected chi connectivity index (χ4v) is 5.93. The number of carbonyl (C=O) groups is 3. The summed E-state index contributed by atoms with van der Waals surface area (Å²) >= 11 is 0. The molecule has 0 saturated carbocycles. The first-order valence-electron chi connectivity index (χ1n) is 10.7. The molecule has 0 aliphatic carbocycles. The number of hydrogen-bond acceptors (Lipinski definition) is 4. The van der Waals surface area contributed by atoms with Crippen LogP contribution in [-0.4, -0.2) is 57.0 Å². The van der Waals surface area contributed by atoms with Gasteiger partial charge < -0.3 is 14.9 Å².